The summed E-state index contributed by atoms with van der Waals surface area (Å²) < 4.78 is 5.35. The largest absolute Gasteiger partial charge is 0.497 e. The van der Waals surface area contributed by atoms with Crippen LogP contribution in [0.15, 0.2) is 85.1 Å². The second-order valence-electron chi connectivity index (χ2n) is 8.10. The first-order valence-corrected chi connectivity index (χ1v) is 10.8. The van der Waals surface area contributed by atoms with Crippen molar-refractivity contribution >= 4 is 16.8 Å². The second-order valence-corrected chi connectivity index (χ2v) is 8.10. The number of carbonyl (C=O) groups is 1. The number of rotatable bonds is 8. The van der Waals surface area contributed by atoms with Gasteiger partial charge < -0.3 is 19.9 Å². The van der Waals surface area contributed by atoms with Crippen LogP contribution in [0, 0.1) is 0 Å². The molecule has 0 aliphatic carbocycles. The standard InChI is InChI=1S/C27H29N3O2/c1-30(2)27(31)26(20-9-5-4-6-10-20)29-17-23(19-13-15-21(32-3)16-14-19)24-18-28-25-12-8-7-11-22(24)25/h4-16,18,23,26,28-29H,17H2,1-3H3/t23-,26+/m1/s1. The molecule has 4 rings (SSSR count). The van der Waals surface area contributed by atoms with Gasteiger partial charge in [-0.3, -0.25) is 4.79 Å². The first kappa shape index (κ1) is 21.7. The first-order valence-electron chi connectivity index (χ1n) is 10.8. The minimum Gasteiger partial charge on any atom is -0.497 e. The molecule has 2 N–H and O–H groups in total. The third-order valence-corrected chi connectivity index (χ3v) is 5.86. The Hall–Kier alpha value is -3.57. The van der Waals surface area contributed by atoms with E-state index in [0.717, 1.165) is 22.4 Å². The molecule has 1 amide bonds. The minimum atomic E-state index is -0.419. The number of nitrogens with one attached hydrogen (secondary N) is 2. The SMILES string of the molecule is COc1ccc([C@@H](CN[C@H](C(=O)N(C)C)c2ccccc2)c2c[nH]c3ccccc23)cc1. The Balaban J connectivity index is 1.70. The monoisotopic (exact) mass is 427 g/mol. The normalized spacial score (nSPS) is 13.0. The molecule has 1 heterocycles. The number of aromatic nitrogens is 1. The lowest BCUT2D eigenvalue weighted by atomic mass is 9.90. The summed E-state index contributed by atoms with van der Waals surface area (Å²) in [5.41, 5.74) is 4.41. The highest BCUT2D eigenvalue weighted by Crippen LogP contribution is 2.32. The summed E-state index contributed by atoms with van der Waals surface area (Å²) >= 11 is 0. The van der Waals surface area contributed by atoms with Crippen LogP contribution in [0.1, 0.15) is 28.7 Å². The molecule has 0 saturated heterocycles. The van der Waals surface area contributed by atoms with E-state index in [1.165, 1.54) is 10.9 Å². The van der Waals surface area contributed by atoms with E-state index < -0.39 is 6.04 Å². The van der Waals surface area contributed by atoms with Crippen molar-refractivity contribution in [1.29, 1.82) is 0 Å². The maximum absolute atomic E-state index is 13.0. The number of fused-ring (bicyclic) bond motifs is 1. The van der Waals surface area contributed by atoms with Gasteiger partial charge in [-0.1, -0.05) is 60.7 Å². The van der Waals surface area contributed by atoms with Crippen molar-refractivity contribution < 1.29 is 9.53 Å². The van der Waals surface area contributed by atoms with Crippen LogP contribution in [0.25, 0.3) is 10.9 Å². The second kappa shape index (κ2) is 9.71. The van der Waals surface area contributed by atoms with E-state index in [-0.39, 0.29) is 11.8 Å². The van der Waals surface area contributed by atoms with Crippen LogP contribution in [0.5, 0.6) is 5.75 Å². The van der Waals surface area contributed by atoms with Crippen molar-refractivity contribution in [2.75, 3.05) is 27.7 Å². The van der Waals surface area contributed by atoms with Crippen molar-refractivity contribution in [2.45, 2.75) is 12.0 Å². The molecule has 0 aliphatic rings. The number of amides is 1. The highest BCUT2D eigenvalue weighted by Gasteiger charge is 2.25. The zero-order valence-electron chi connectivity index (χ0n) is 18.7. The molecule has 164 valence electrons. The van der Waals surface area contributed by atoms with Crippen LogP contribution in [-0.2, 0) is 4.79 Å². The molecular weight excluding hydrogens is 398 g/mol. The molecule has 2 atom stereocenters. The predicted molar refractivity (Wildman–Crippen MR) is 129 cm³/mol. The number of benzene rings is 3. The summed E-state index contributed by atoms with van der Waals surface area (Å²) in [7, 11) is 5.26. The van der Waals surface area contributed by atoms with Crippen LogP contribution in [0.4, 0.5) is 0 Å². The van der Waals surface area contributed by atoms with Gasteiger partial charge in [0.2, 0.25) is 5.91 Å². The average Bonchev–Trinajstić information content (AvgIpc) is 3.26. The molecule has 0 saturated carbocycles. The number of hydrogen-bond acceptors (Lipinski definition) is 3. The maximum Gasteiger partial charge on any atom is 0.243 e. The van der Waals surface area contributed by atoms with Crippen LogP contribution in [0.3, 0.4) is 0 Å². The van der Waals surface area contributed by atoms with Crippen molar-refractivity contribution in [1.82, 2.24) is 15.2 Å². The molecule has 0 bridgehead atoms. The molecule has 32 heavy (non-hydrogen) atoms. The molecular formula is C27H29N3O2. The molecule has 4 aromatic rings. The fraction of sp³-hybridized carbons (Fsp3) is 0.222. The Morgan fingerprint density at radius 3 is 2.31 bits per heavy atom. The summed E-state index contributed by atoms with van der Waals surface area (Å²) in [6, 6.07) is 25.9. The average molecular weight is 428 g/mol. The molecule has 0 radical (unpaired) electrons. The van der Waals surface area contributed by atoms with E-state index in [4.69, 9.17) is 4.74 Å². The maximum atomic E-state index is 13.0. The quantitative estimate of drug-likeness (QED) is 0.428. The van der Waals surface area contributed by atoms with E-state index in [1.54, 1.807) is 26.1 Å². The third kappa shape index (κ3) is 4.53. The third-order valence-electron chi connectivity index (χ3n) is 5.86. The summed E-state index contributed by atoms with van der Waals surface area (Å²) in [6.45, 7) is 0.604. The van der Waals surface area contributed by atoms with Gasteiger partial charge in [0.1, 0.15) is 11.8 Å². The Morgan fingerprint density at radius 1 is 0.938 bits per heavy atom. The number of aromatic amines is 1. The van der Waals surface area contributed by atoms with Gasteiger partial charge in [-0.25, -0.2) is 0 Å². The predicted octanol–water partition coefficient (Wildman–Crippen LogP) is 4.73. The van der Waals surface area contributed by atoms with Gasteiger partial charge >= 0.3 is 0 Å². The van der Waals surface area contributed by atoms with E-state index in [0.29, 0.717) is 6.54 Å². The number of para-hydroxylation sites is 1. The fourth-order valence-corrected chi connectivity index (χ4v) is 4.11. The summed E-state index contributed by atoms with van der Waals surface area (Å²) in [5, 5.41) is 4.75. The van der Waals surface area contributed by atoms with Gasteiger partial charge in [0.05, 0.1) is 7.11 Å². The summed E-state index contributed by atoms with van der Waals surface area (Å²) in [5.74, 6) is 0.908. The lowest BCUT2D eigenvalue weighted by Crippen LogP contribution is -2.38. The van der Waals surface area contributed by atoms with Crippen molar-refractivity contribution in [2.24, 2.45) is 0 Å². The number of methoxy groups -OCH3 is 1. The van der Waals surface area contributed by atoms with Crippen molar-refractivity contribution in [3.63, 3.8) is 0 Å². The number of H-pyrrole nitrogens is 1. The number of nitrogens with zero attached hydrogens (tertiary/aromatic N) is 1. The Bertz CT molecular complexity index is 1170. The van der Waals surface area contributed by atoms with Gasteiger partial charge in [0, 0.05) is 43.7 Å². The smallest absolute Gasteiger partial charge is 0.243 e. The molecule has 0 unspecified atom stereocenters. The van der Waals surface area contributed by atoms with Crippen LogP contribution in [-0.4, -0.2) is 43.5 Å². The zero-order valence-corrected chi connectivity index (χ0v) is 18.7. The Kier molecular flexibility index (Phi) is 6.57. The van der Waals surface area contributed by atoms with Gasteiger partial charge in [-0.2, -0.15) is 0 Å². The van der Waals surface area contributed by atoms with Gasteiger partial charge in [-0.15, -0.1) is 0 Å². The number of likely N-dealkylation sites (N-methyl/N-ethyl adjacent to an activating group) is 1. The molecule has 3 aromatic carbocycles. The van der Waals surface area contributed by atoms with Gasteiger partial charge in [0.15, 0.2) is 0 Å². The molecule has 0 aliphatic heterocycles. The van der Waals surface area contributed by atoms with Crippen molar-refractivity contribution in [3.8, 4) is 5.75 Å². The highest BCUT2D eigenvalue weighted by molar-refractivity contribution is 5.84. The van der Waals surface area contributed by atoms with Crippen molar-refractivity contribution in [3.05, 3.63) is 102 Å². The topological polar surface area (TPSA) is 57.4 Å². The molecule has 5 heteroatoms. The van der Waals surface area contributed by atoms with Gasteiger partial charge in [-0.05, 0) is 34.9 Å². The summed E-state index contributed by atoms with van der Waals surface area (Å²) in [6.07, 6.45) is 2.08. The Labute approximate surface area is 189 Å². The number of carbonyl (C=O) groups excluding carboxylic acids is 1. The Morgan fingerprint density at radius 2 is 1.62 bits per heavy atom. The number of ether oxygens (including phenoxy) is 1. The van der Waals surface area contributed by atoms with Gasteiger partial charge in [0.25, 0.3) is 0 Å². The zero-order chi connectivity index (χ0) is 22.5. The fourth-order valence-electron chi connectivity index (χ4n) is 4.11. The lowest BCUT2D eigenvalue weighted by molar-refractivity contribution is -0.131. The summed E-state index contributed by atoms with van der Waals surface area (Å²) in [4.78, 5) is 18.0. The van der Waals surface area contributed by atoms with Crippen LogP contribution >= 0.6 is 0 Å². The molecule has 1 aromatic heterocycles. The van der Waals surface area contributed by atoms with E-state index in [9.17, 15) is 4.79 Å². The van der Waals surface area contributed by atoms with E-state index in [2.05, 4.69) is 46.8 Å². The minimum absolute atomic E-state index is 0.0311. The van der Waals surface area contributed by atoms with Crippen LogP contribution in [0.2, 0.25) is 0 Å². The van der Waals surface area contributed by atoms with E-state index in [1.807, 2.05) is 48.5 Å². The van der Waals surface area contributed by atoms with Crippen LogP contribution < -0.4 is 10.1 Å². The molecule has 0 spiro atoms. The lowest BCUT2D eigenvalue weighted by Gasteiger charge is -2.25. The van der Waals surface area contributed by atoms with E-state index >= 15 is 0 Å². The molecule has 0 fully saturated rings. The number of hydrogen-bond donors (Lipinski definition) is 2. The first-order chi connectivity index (χ1) is 15.6. The highest BCUT2D eigenvalue weighted by atomic mass is 16.5. The molecule has 5 nitrogen and oxygen atoms in total.